The van der Waals surface area contributed by atoms with Crippen molar-refractivity contribution >= 4 is 33.0 Å². The van der Waals surface area contributed by atoms with Crippen LogP contribution in [0.3, 0.4) is 0 Å². The van der Waals surface area contributed by atoms with Crippen LogP contribution in [0.25, 0.3) is 17.1 Å². The van der Waals surface area contributed by atoms with E-state index in [1.807, 2.05) is 84.3 Å². The highest BCUT2D eigenvalue weighted by atomic mass is 79.9. The number of imidazole rings is 1. The van der Waals surface area contributed by atoms with Crippen molar-refractivity contribution in [2.75, 3.05) is 6.61 Å². The van der Waals surface area contributed by atoms with Crippen LogP contribution in [0.4, 0.5) is 0 Å². The van der Waals surface area contributed by atoms with Gasteiger partial charge in [-0.05, 0) is 60.5 Å². The lowest BCUT2D eigenvalue weighted by Gasteiger charge is -2.13. The molecule has 0 aliphatic carbocycles. The van der Waals surface area contributed by atoms with Crippen molar-refractivity contribution in [1.82, 2.24) is 9.55 Å². The molecular formula is C26H22BrN3O2. The normalized spacial score (nSPS) is 11.3. The quantitative estimate of drug-likeness (QED) is 0.270. The Morgan fingerprint density at radius 3 is 2.66 bits per heavy atom. The Kier molecular flexibility index (Phi) is 6.88. The zero-order valence-corrected chi connectivity index (χ0v) is 19.2. The predicted molar refractivity (Wildman–Crippen MR) is 129 cm³/mol. The highest BCUT2D eigenvalue weighted by Gasteiger charge is 2.09. The number of benzene rings is 3. The molecule has 6 heteroatoms. The molecule has 0 atom stereocenters. The Morgan fingerprint density at radius 2 is 1.88 bits per heavy atom. The number of para-hydroxylation sites is 2. The molecule has 0 saturated heterocycles. The van der Waals surface area contributed by atoms with Crippen LogP contribution in [0.5, 0.6) is 11.5 Å². The van der Waals surface area contributed by atoms with Gasteiger partial charge in [-0.1, -0.05) is 46.3 Å². The second kappa shape index (κ2) is 10.2. The fraction of sp³-hybridized carbons (Fsp3) is 0.154. The summed E-state index contributed by atoms with van der Waals surface area (Å²) in [4.78, 5) is 4.40. The average molecular weight is 488 g/mol. The number of allylic oxidation sites excluding steroid dienone is 1. The van der Waals surface area contributed by atoms with Crippen LogP contribution < -0.4 is 9.47 Å². The van der Waals surface area contributed by atoms with Gasteiger partial charge in [0, 0.05) is 10.0 Å². The molecule has 1 heterocycles. The molecule has 0 N–H and O–H groups in total. The lowest BCUT2D eigenvalue weighted by Crippen LogP contribution is -2.00. The molecule has 3 aromatic carbocycles. The summed E-state index contributed by atoms with van der Waals surface area (Å²) >= 11 is 3.44. The van der Waals surface area contributed by atoms with Crippen molar-refractivity contribution in [2.45, 2.75) is 20.1 Å². The van der Waals surface area contributed by atoms with Crippen LogP contribution in [0.15, 0.2) is 83.1 Å². The van der Waals surface area contributed by atoms with Gasteiger partial charge >= 0.3 is 0 Å². The molecular weight excluding hydrogens is 466 g/mol. The van der Waals surface area contributed by atoms with E-state index in [0.29, 0.717) is 36.8 Å². The van der Waals surface area contributed by atoms with E-state index in [1.165, 1.54) is 0 Å². The molecule has 0 unspecified atom stereocenters. The molecule has 0 aliphatic rings. The van der Waals surface area contributed by atoms with Crippen LogP contribution in [-0.4, -0.2) is 16.2 Å². The van der Waals surface area contributed by atoms with Gasteiger partial charge in [0.2, 0.25) is 0 Å². The van der Waals surface area contributed by atoms with E-state index in [0.717, 1.165) is 26.6 Å². The Bertz CT molecular complexity index is 1290. The highest BCUT2D eigenvalue weighted by molar-refractivity contribution is 9.10. The van der Waals surface area contributed by atoms with E-state index in [4.69, 9.17) is 9.47 Å². The molecule has 32 heavy (non-hydrogen) atoms. The topological polar surface area (TPSA) is 60.1 Å². The zero-order chi connectivity index (χ0) is 22.3. The van der Waals surface area contributed by atoms with Crippen molar-refractivity contribution < 1.29 is 9.47 Å². The summed E-state index contributed by atoms with van der Waals surface area (Å²) in [5.41, 5.74) is 4.49. The maximum absolute atomic E-state index is 9.70. The third-order valence-electron chi connectivity index (χ3n) is 4.93. The molecule has 0 aliphatic heterocycles. The molecule has 5 nitrogen and oxygen atoms in total. The monoisotopic (exact) mass is 487 g/mol. The van der Waals surface area contributed by atoms with Gasteiger partial charge in [0.15, 0.2) is 11.5 Å². The second-order valence-corrected chi connectivity index (χ2v) is 8.11. The highest BCUT2D eigenvalue weighted by Crippen LogP contribution is 2.30. The first kappa shape index (κ1) is 21.7. The van der Waals surface area contributed by atoms with Gasteiger partial charge in [-0.2, -0.15) is 5.26 Å². The van der Waals surface area contributed by atoms with Crippen molar-refractivity contribution in [3.63, 3.8) is 0 Å². The molecule has 0 spiro atoms. The van der Waals surface area contributed by atoms with Crippen LogP contribution in [0.1, 0.15) is 18.1 Å². The molecule has 0 bridgehead atoms. The first-order valence-corrected chi connectivity index (χ1v) is 11.1. The first-order valence-electron chi connectivity index (χ1n) is 10.3. The smallest absolute Gasteiger partial charge is 0.161 e. The fourth-order valence-corrected chi connectivity index (χ4v) is 3.64. The van der Waals surface area contributed by atoms with Gasteiger partial charge in [-0.25, -0.2) is 4.98 Å². The third-order valence-corrected chi connectivity index (χ3v) is 5.46. The molecule has 160 valence electrons. The Labute approximate surface area is 195 Å². The summed E-state index contributed by atoms with van der Waals surface area (Å²) in [5, 5.41) is 9.70. The lowest BCUT2D eigenvalue weighted by atomic mass is 10.1. The van der Waals surface area contributed by atoms with Crippen LogP contribution in [-0.2, 0) is 13.2 Å². The van der Waals surface area contributed by atoms with E-state index < -0.39 is 0 Å². The van der Waals surface area contributed by atoms with Crippen molar-refractivity contribution in [3.05, 3.63) is 94.2 Å². The SMILES string of the molecule is CCOc1cc(/C=C(/C#N)Cn2cnc3ccccc32)ccc1OCc1ccc(Br)cc1. The molecule has 0 amide bonds. The largest absolute Gasteiger partial charge is 0.490 e. The minimum Gasteiger partial charge on any atom is -0.490 e. The fourth-order valence-electron chi connectivity index (χ4n) is 3.38. The number of aromatic nitrogens is 2. The van der Waals surface area contributed by atoms with Gasteiger partial charge in [-0.3, -0.25) is 0 Å². The maximum atomic E-state index is 9.70. The summed E-state index contributed by atoms with van der Waals surface area (Å²) in [7, 11) is 0. The van der Waals surface area contributed by atoms with Crippen molar-refractivity contribution in [3.8, 4) is 17.6 Å². The summed E-state index contributed by atoms with van der Waals surface area (Å²) in [6.07, 6.45) is 3.64. The number of halogens is 1. The molecule has 4 aromatic rings. The molecule has 0 radical (unpaired) electrons. The minimum atomic E-state index is 0.444. The molecule has 0 fully saturated rings. The minimum absolute atomic E-state index is 0.444. The second-order valence-electron chi connectivity index (χ2n) is 7.20. The number of hydrogen-bond donors (Lipinski definition) is 0. The molecule has 4 rings (SSSR count). The maximum Gasteiger partial charge on any atom is 0.161 e. The van der Waals surface area contributed by atoms with E-state index in [9.17, 15) is 5.26 Å². The standard InChI is InChI=1S/C26H22BrN3O2/c1-2-31-26-14-20(9-12-25(26)32-17-19-7-10-22(27)11-8-19)13-21(15-28)16-30-18-29-23-5-3-4-6-24(23)30/h3-14,18H,2,16-17H2,1H3/b21-13-. The van der Waals surface area contributed by atoms with E-state index in [2.05, 4.69) is 27.0 Å². The summed E-state index contributed by atoms with van der Waals surface area (Å²) in [6.45, 7) is 3.35. The van der Waals surface area contributed by atoms with E-state index >= 15 is 0 Å². The van der Waals surface area contributed by atoms with Gasteiger partial charge in [0.1, 0.15) is 6.61 Å². The summed E-state index contributed by atoms with van der Waals surface area (Å²) in [6, 6.07) is 23.9. The van der Waals surface area contributed by atoms with Crippen LogP contribution in [0, 0.1) is 11.3 Å². The van der Waals surface area contributed by atoms with E-state index in [1.54, 1.807) is 6.33 Å². The van der Waals surface area contributed by atoms with E-state index in [-0.39, 0.29) is 0 Å². The Morgan fingerprint density at radius 1 is 1.06 bits per heavy atom. The number of nitriles is 1. The Hall–Kier alpha value is -3.56. The number of nitrogens with zero attached hydrogens (tertiary/aromatic N) is 3. The van der Waals surface area contributed by atoms with Crippen LogP contribution >= 0.6 is 15.9 Å². The number of ether oxygens (including phenoxy) is 2. The first-order chi connectivity index (χ1) is 15.7. The zero-order valence-electron chi connectivity index (χ0n) is 17.7. The number of rotatable bonds is 8. The molecule has 1 aromatic heterocycles. The van der Waals surface area contributed by atoms with Crippen molar-refractivity contribution in [1.29, 1.82) is 5.26 Å². The summed E-state index contributed by atoms with van der Waals surface area (Å²) in [5.74, 6) is 1.33. The number of fused-ring (bicyclic) bond motifs is 1. The van der Waals surface area contributed by atoms with Gasteiger partial charge in [0.25, 0.3) is 0 Å². The molecule has 0 saturated carbocycles. The van der Waals surface area contributed by atoms with Gasteiger partial charge in [-0.15, -0.1) is 0 Å². The summed E-state index contributed by atoms with van der Waals surface area (Å²) < 4.78 is 14.8. The Balaban J connectivity index is 1.54. The van der Waals surface area contributed by atoms with Gasteiger partial charge in [0.05, 0.1) is 36.6 Å². The van der Waals surface area contributed by atoms with Gasteiger partial charge < -0.3 is 14.0 Å². The third kappa shape index (κ3) is 5.19. The predicted octanol–water partition coefficient (Wildman–Crippen LogP) is 6.38. The van der Waals surface area contributed by atoms with Crippen molar-refractivity contribution in [2.24, 2.45) is 0 Å². The average Bonchev–Trinajstić information content (AvgIpc) is 3.22. The van der Waals surface area contributed by atoms with Crippen LogP contribution in [0.2, 0.25) is 0 Å². The lowest BCUT2D eigenvalue weighted by molar-refractivity contribution is 0.269. The number of hydrogen-bond acceptors (Lipinski definition) is 4.